The molecule has 2 nitrogen and oxygen atoms in total. The average Bonchev–Trinajstić information content (AvgIpc) is 3.16. The first-order valence-corrected chi connectivity index (χ1v) is 10.0. The number of rotatable bonds is 5. The van der Waals surface area contributed by atoms with Gasteiger partial charge in [0.15, 0.2) is 5.78 Å². The van der Waals surface area contributed by atoms with Crippen molar-refractivity contribution in [2.45, 2.75) is 12.0 Å². The third-order valence-corrected chi connectivity index (χ3v) is 5.80. The van der Waals surface area contributed by atoms with Crippen LogP contribution in [0.5, 0.6) is 0 Å². The summed E-state index contributed by atoms with van der Waals surface area (Å²) in [6.45, 7) is 0. The van der Waals surface area contributed by atoms with Crippen LogP contribution in [0.15, 0.2) is 96.6 Å². The van der Waals surface area contributed by atoms with Gasteiger partial charge in [0, 0.05) is 28.5 Å². The van der Waals surface area contributed by atoms with Crippen LogP contribution in [0.2, 0.25) is 0 Å². The maximum atomic E-state index is 13.3. The number of ketones is 1. The van der Waals surface area contributed by atoms with Crippen LogP contribution in [0, 0.1) is 0 Å². The van der Waals surface area contributed by atoms with E-state index in [1.165, 1.54) is 0 Å². The summed E-state index contributed by atoms with van der Waals surface area (Å²) in [5.41, 5.74) is 2.80. The van der Waals surface area contributed by atoms with Crippen LogP contribution in [0.4, 0.5) is 0 Å². The van der Waals surface area contributed by atoms with Gasteiger partial charge in [-0.3, -0.25) is 4.79 Å². The molecule has 1 atom stereocenters. The highest BCUT2D eigenvalue weighted by Crippen LogP contribution is 2.47. The lowest BCUT2D eigenvalue weighted by atomic mass is 9.87. The van der Waals surface area contributed by atoms with Crippen LogP contribution in [-0.4, -0.2) is 11.1 Å². The van der Waals surface area contributed by atoms with E-state index in [0.717, 1.165) is 16.7 Å². The Kier molecular flexibility index (Phi) is 4.95. The molecule has 0 aliphatic carbocycles. The number of hydrogen-bond acceptors (Lipinski definition) is 2. The molecular formula is C24H19BrO2. The number of carbonyl (C=O) groups excluding carboxylic acids is 1. The predicted octanol–water partition coefficient (Wildman–Crippen LogP) is 5.99. The molecule has 134 valence electrons. The highest BCUT2D eigenvalue weighted by atomic mass is 79.9. The first kappa shape index (κ1) is 17.7. The first-order chi connectivity index (χ1) is 13.2. The fourth-order valence-corrected chi connectivity index (χ4v) is 4.12. The molecule has 0 unspecified atom stereocenters. The molecule has 0 fully saturated rings. The molecular weight excluding hydrogens is 400 g/mol. The number of benzene rings is 3. The SMILES string of the molecule is O=C(C1=C(c2ccccc2)O[C@](CBr)(c2ccccc2)C1)c1ccccc1. The molecule has 0 N–H and O–H groups in total. The van der Waals surface area contributed by atoms with Crippen molar-refractivity contribution in [3.63, 3.8) is 0 Å². The van der Waals surface area contributed by atoms with E-state index in [4.69, 9.17) is 4.74 Å². The minimum absolute atomic E-state index is 0.0215. The Morgan fingerprint density at radius 2 is 1.41 bits per heavy atom. The summed E-state index contributed by atoms with van der Waals surface area (Å²) < 4.78 is 6.54. The fraction of sp³-hybridized carbons (Fsp3) is 0.125. The zero-order chi connectivity index (χ0) is 18.7. The van der Waals surface area contributed by atoms with E-state index in [-0.39, 0.29) is 5.78 Å². The molecule has 1 aliphatic rings. The van der Waals surface area contributed by atoms with E-state index in [2.05, 4.69) is 28.1 Å². The number of alkyl halides is 1. The normalized spacial score (nSPS) is 19.0. The molecule has 3 heteroatoms. The van der Waals surface area contributed by atoms with Crippen molar-refractivity contribution in [2.75, 3.05) is 5.33 Å². The van der Waals surface area contributed by atoms with Crippen LogP contribution in [-0.2, 0) is 10.3 Å². The second-order valence-electron chi connectivity index (χ2n) is 6.64. The molecule has 4 rings (SSSR count). The summed E-state index contributed by atoms with van der Waals surface area (Å²) in [4.78, 5) is 13.3. The van der Waals surface area contributed by atoms with Crippen LogP contribution in [0.1, 0.15) is 27.9 Å². The van der Waals surface area contributed by atoms with E-state index in [9.17, 15) is 4.79 Å². The van der Waals surface area contributed by atoms with Crippen molar-refractivity contribution in [3.05, 3.63) is 113 Å². The maximum Gasteiger partial charge on any atom is 0.192 e. The quantitative estimate of drug-likeness (QED) is 0.375. The van der Waals surface area contributed by atoms with E-state index in [0.29, 0.717) is 23.1 Å². The molecule has 0 saturated heterocycles. The van der Waals surface area contributed by atoms with Gasteiger partial charge in [0.05, 0.1) is 0 Å². The Morgan fingerprint density at radius 1 is 0.852 bits per heavy atom. The topological polar surface area (TPSA) is 26.3 Å². The van der Waals surface area contributed by atoms with Crippen molar-refractivity contribution in [1.82, 2.24) is 0 Å². The summed E-state index contributed by atoms with van der Waals surface area (Å²) in [5, 5.41) is 0.603. The Balaban J connectivity index is 1.82. The molecule has 0 spiro atoms. The maximum absolute atomic E-state index is 13.3. The minimum atomic E-state index is -0.591. The van der Waals surface area contributed by atoms with E-state index in [1.807, 2.05) is 78.9 Å². The molecule has 1 heterocycles. The molecule has 0 amide bonds. The van der Waals surface area contributed by atoms with Gasteiger partial charge in [-0.2, -0.15) is 0 Å². The fourth-order valence-electron chi connectivity index (χ4n) is 3.48. The zero-order valence-electron chi connectivity index (χ0n) is 14.8. The smallest absolute Gasteiger partial charge is 0.192 e. The number of halogens is 1. The number of hydrogen-bond donors (Lipinski definition) is 0. The molecule has 0 radical (unpaired) electrons. The van der Waals surface area contributed by atoms with Gasteiger partial charge in [-0.25, -0.2) is 0 Å². The summed E-state index contributed by atoms with van der Waals surface area (Å²) in [6.07, 6.45) is 0.528. The zero-order valence-corrected chi connectivity index (χ0v) is 16.4. The van der Waals surface area contributed by atoms with Gasteiger partial charge in [0.2, 0.25) is 0 Å². The van der Waals surface area contributed by atoms with Gasteiger partial charge in [-0.15, -0.1) is 0 Å². The monoisotopic (exact) mass is 418 g/mol. The number of carbonyl (C=O) groups is 1. The Bertz CT molecular complexity index is 965. The van der Waals surface area contributed by atoms with Gasteiger partial charge in [-0.05, 0) is 5.56 Å². The van der Waals surface area contributed by atoms with Crippen molar-refractivity contribution in [1.29, 1.82) is 0 Å². The van der Waals surface area contributed by atoms with Crippen molar-refractivity contribution in [2.24, 2.45) is 0 Å². The Labute approximate surface area is 167 Å². The second-order valence-corrected chi connectivity index (χ2v) is 7.20. The van der Waals surface area contributed by atoms with Crippen molar-refractivity contribution in [3.8, 4) is 0 Å². The minimum Gasteiger partial charge on any atom is -0.480 e. The van der Waals surface area contributed by atoms with Crippen LogP contribution in [0.25, 0.3) is 5.76 Å². The van der Waals surface area contributed by atoms with E-state index < -0.39 is 5.60 Å². The van der Waals surface area contributed by atoms with E-state index in [1.54, 1.807) is 0 Å². The molecule has 0 aromatic heterocycles. The summed E-state index contributed by atoms with van der Waals surface area (Å²) >= 11 is 3.64. The van der Waals surface area contributed by atoms with Crippen LogP contribution >= 0.6 is 15.9 Å². The summed E-state index contributed by atoms with van der Waals surface area (Å²) in [6, 6.07) is 29.4. The summed E-state index contributed by atoms with van der Waals surface area (Å²) in [5.74, 6) is 0.695. The van der Waals surface area contributed by atoms with Crippen LogP contribution in [0.3, 0.4) is 0 Å². The average molecular weight is 419 g/mol. The second kappa shape index (κ2) is 7.53. The van der Waals surface area contributed by atoms with Gasteiger partial charge < -0.3 is 4.74 Å². The molecule has 27 heavy (non-hydrogen) atoms. The van der Waals surface area contributed by atoms with Crippen molar-refractivity contribution >= 4 is 27.5 Å². The van der Waals surface area contributed by atoms with Crippen molar-refractivity contribution < 1.29 is 9.53 Å². The molecule has 0 bridgehead atoms. The molecule has 3 aromatic rings. The molecule has 3 aromatic carbocycles. The highest BCUT2D eigenvalue weighted by molar-refractivity contribution is 9.09. The number of Topliss-reactive ketones (excluding diaryl/α,β-unsaturated/α-hetero) is 1. The van der Waals surface area contributed by atoms with Gasteiger partial charge in [0.1, 0.15) is 11.4 Å². The summed E-state index contributed by atoms with van der Waals surface area (Å²) in [7, 11) is 0. The third-order valence-electron chi connectivity index (χ3n) is 4.90. The molecule has 1 aliphatic heterocycles. The third kappa shape index (κ3) is 3.35. The lowest BCUT2D eigenvalue weighted by Crippen LogP contribution is -2.28. The van der Waals surface area contributed by atoms with Gasteiger partial charge in [-0.1, -0.05) is 107 Å². The Hall–Kier alpha value is -2.65. The first-order valence-electron chi connectivity index (χ1n) is 8.92. The van der Waals surface area contributed by atoms with Gasteiger partial charge in [0.25, 0.3) is 0 Å². The standard InChI is InChI=1S/C24H19BrO2/c25-17-24(20-14-8-3-9-15-20)16-21(22(26)18-10-4-1-5-11-18)23(27-24)19-12-6-2-7-13-19/h1-15H,16-17H2/t24-/m1/s1. The predicted molar refractivity (Wildman–Crippen MR) is 112 cm³/mol. The lowest BCUT2D eigenvalue weighted by Gasteiger charge is -2.28. The van der Waals surface area contributed by atoms with Crippen LogP contribution < -0.4 is 0 Å². The van der Waals surface area contributed by atoms with Gasteiger partial charge >= 0.3 is 0 Å². The largest absolute Gasteiger partial charge is 0.480 e. The van der Waals surface area contributed by atoms with E-state index >= 15 is 0 Å². The Morgan fingerprint density at radius 3 is 2.00 bits per heavy atom. The number of ether oxygens (including phenoxy) is 1. The lowest BCUT2D eigenvalue weighted by molar-refractivity contribution is 0.0825. The highest BCUT2D eigenvalue weighted by Gasteiger charge is 2.44. The molecule has 0 saturated carbocycles.